The van der Waals surface area contributed by atoms with E-state index in [1.54, 1.807) is 6.20 Å². The van der Waals surface area contributed by atoms with Crippen molar-refractivity contribution in [2.75, 3.05) is 42.7 Å². The minimum atomic E-state index is -3.08. The summed E-state index contributed by atoms with van der Waals surface area (Å²) in [5.74, 6) is -2.08. The number of pyridine rings is 2. The zero-order chi connectivity index (χ0) is 30.1. The van der Waals surface area contributed by atoms with E-state index in [2.05, 4.69) is 41.8 Å². The summed E-state index contributed by atoms with van der Waals surface area (Å²) < 4.78 is 76.2. The van der Waals surface area contributed by atoms with Gasteiger partial charge < -0.3 is 19.9 Å². The van der Waals surface area contributed by atoms with E-state index in [0.717, 1.165) is 12.5 Å². The van der Waals surface area contributed by atoms with Gasteiger partial charge in [0.15, 0.2) is 17.2 Å². The van der Waals surface area contributed by atoms with Crippen LogP contribution in [0, 0.1) is 11.6 Å². The summed E-state index contributed by atoms with van der Waals surface area (Å²) in [6.45, 7) is 0. The SMILES string of the molecule is COc1c(Br)cnc(N)c1F.CS(=O)(=O)CCC(=O)CCl.CS(=O)(=O)CCc1cn2cc(Br)c(=O)c(F)c2[nH]1. The maximum Gasteiger partial charge on any atom is 0.233 e. The lowest BCUT2D eigenvalue weighted by molar-refractivity contribution is -0.116. The molecule has 218 valence electrons. The van der Waals surface area contributed by atoms with Gasteiger partial charge in [0, 0.05) is 49.6 Å². The summed E-state index contributed by atoms with van der Waals surface area (Å²) in [5.41, 5.74) is 5.03. The zero-order valence-corrected chi connectivity index (χ0v) is 26.4. The van der Waals surface area contributed by atoms with E-state index < -0.39 is 36.7 Å². The Kier molecular flexibility index (Phi) is 13.5. The Labute approximate surface area is 245 Å². The van der Waals surface area contributed by atoms with Crippen LogP contribution in [0.3, 0.4) is 0 Å². The number of carbonyl (C=O) groups excluding carboxylic acids is 1. The Bertz CT molecular complexity index is 1600. The smallest absolute Gasteiger partial charge is 0.233 e. The number of hydrogen-bond donors (Lipinski definition) is 2. The summed E-state index contributed by atoms with van der Waals surface area (Å²) in [4.78, 5) is 28.1. The number of nitrogen functional groups attached to an aromatic ring is 1. The summed E-state index contributed by atoms with van der Waals surface area (Å²) in [6.07, 6.45) is 6.88. The predicted molar refractivity (Wildman–Crippen MR) is 152 cm³/mol. The van der Waals surface area contributed by atoms with Crippen LogP contribution in [0.4, 0.5) is 14.6 Å². The van der Waals surface area contributed by atoms with Crippen molar-refractivity contribution in [2.45, 2.75) is 12.8 Å². The first kappa shape index (κ1) is 34.9. The molecule has 0 bridgehead atoms. The van der Waals surface area contributed by atoms with Crippen molar-refractivity contribution in [3.05, 3.63) is 55.1 Å². The molecule has 0 aromatic carbocycles. The molecule has 0 aliphatic rings. The molecule has 0 aliphatic heterocycles. The van der Waals surface area contributed by atoms with Crippen LogP contribution in [0.2, 0.25) is 0 Å². The number of anilines is 1. The number of halogens is 5. The highest BCUT2D eigenvalue weighted by molar-refractivity contribution is 9.10. The van der Waals surface area contributed by atoms with Gasteiger partial charge >= 0.3 is 0 Å². The van der Waals surface area contributed by atoms with E-state index in [1.165, 1.54) is 23.9 Å². The molecule has 39 heavy (non-hydrogen) atoms. The number of ether oxygens (including phenoxy) is 1. The molecule has 3 N–H and O–H groups in total. The average molecular weight is 743 g/mol. The fraction of sp³-hybridized carbons (Fsp3) is 0.381. The normalized spacial score (nSPS) is 11.3. The van der Waals surface area contributed by atoms with E-state index in [0.29, 0.717) is 10.2 Å². The number of nitrogens with two attached hydrogens (primary N) is 1. The number of methoxy groups -OCH3 is 1. The number of hydrogen-bond acceptors (Lipinski definition) is 9. The lowest BCUT2D eigenvalue weighted by atomic mass is 10.3. The fourth-order valence-electron chi connectivity index (χ4n) is 2.58. The third-order valence-corrected chi connectivity index (χ3v) is 7.83. The number of ketones is 1. The highest BCUT2D eigenvalue weighted by Gasteiger charge is 2.13. The van der Waals surface area contributed by atoms with Crippen molar-refractivity contribution in [2.24, 2.45) is 0 Å². The minimum absolute atomic E-state index is 0.0301. The Morgan fingerprint density at radius 1 is 1.10 bits per heavy atom. The van der Waals surface area contributed by atoms with Gasteiger partial charge in [-0.2, -0.15) is 8.78 Å². The van der Waals surface area contributed by atoms with Crippen LogP contribution in [0.15, 0.2) is 32.3 Å². The number of H-pyrrole nitrogens is 1. The number of fused-ring (bicyclic) bond motifs is 1. The predicted octanol–water partition coefficient (Wildman–Crippen LogP) is 2.92. The van der Waals surface area contributed by atoms with Gasteiger partial charge in [0.2, 0.25) is 17.1 Å². The Morgan fingerprint density at radius 2 is 1.69 bits per heavy atom. The topological polar surface area (TPSA) is 171 Å². The summed E-state index contributed by atoms with van der Waals surface area (Å²) >= 11 is 11.2. The molecule has 0 radical (unpaired) electrons. The van der Waals surface area contributed by atoms with E-state index in [4.69, 9.17) is 22.1 Å². The molecule has 11 nitrogen and oxygen atoms in total. The lowest BCUT2D eigenvalue weighted by Crippen LogP contribution is -2.09. The lowest BCUT2D eigenvalue weighted by Gasteiger charge is -2.04. The van der Waals surface area contributed by atoms with Gasteiger partial charge in [-0.05, 0) is 31.9 Å². The molecule has 0 aliphatic carbocycles. The highest BCUT2D eigenvalue weighted by Crippen LogP contribution is 2.29. The van der Waals surface area contributed by atoms with Crippen molar-refractivity contribution >= 4 is 80.4 Å². The van der Waals surface area contributed by atoms with E-state index in [-0.39, 0.29) is 57.7 Å². The Hall–Kier alpha value is -2.08. The number of aromatic amines is 1. The van der Waals surface area contributed by atoms with Crippen molar-refractivity contribution < 1.29 is 35.1 Å². The minimum Gasteiger partial charge on any atom is -0.492 e. The molecule has 3 aromatic heterocycles. The van der Waals surface area contributed by atoms with Crippen LogP contribution in [0.25, 0.3) is 5.65 Å². The number of imidazole rings is 1. The quantitative estimate of drug-likeness (QED) is 0.330. The number of alkyl halides is 1. The third-order valence-electron chi connectivity index (χ3n) is 4.51. The van der Waals surface area contributed by atoms with Crippen molar-refractivity contribution in [1.82, 2.24) is 14.4 Å². The second-order valence-electron chi connectivity index (χ2n) is 7.93. The Morgan fingerprint density at radius 3 is 2.18 bits per heavy atom. The molecular weight excluding hydrogens is 718 g/mol. The van der Waals surface area contributed by atoms with Crippen LogP contribution >= 0.6 is 43.5 Å². The van der Waals surface area contributed by atoms with E-state index in [1.807, 2.05) is 0 Å². The van der Waals surface area contributed by atoms with Crippen LogP contribution in [-0.4, -0.2) is 74.0 Å². The standard InChI is InChI=1S/C10H10BrFN2O3S.C6H6BrFN2O.C5H9ClO3S/c1-18(16,17)3-2-6-4-14-5-7(11)9(15)8(12)10(14)13-6;1-11-5-3(7)2-10-6(9)4(5)8;1-10(8,9)3-2-5(7)4-6/h4-5,13H,2-3H2,1H3;2H,1H3,(H2,9,10);2-4H2,1H3. The maximum atomic E-state index is 13.6. The molecule has 0 unspecified atom stereocenters. The summed E-state index contributed by atoms with van der Waals surface area (Å²) in [5, 5.41) is 0. The van der Waals surface area contributed by atoms with Gasteiger partial charge in [-0.3, -0.25) is 9.59 Å². The van der Waals surface area contributed by atoms with Gasteiger partial charge in [0.25, 0.3) is 0 Å². The van der Waals surface area contributed by atoms with Crippen LogP contribution in [0.1, 0.15) is 12.1 Å². The molecule has 18 heteroatoms. The number of nitrogens with zero attached hydrogens (tertiary/aromatic N) is 2. The van der Waals surface area contributed by atoms with Gasteiger partial charge in [-0.15, -0.1) is 11.6 Å². The second-order valence-corrected chi connectivity index (χ2v) is 14.4. The number of sulfone groups is 2. The first-order valence-electron chi connectivity index (χ1n) is 10.5. The average Bonchev–Trinajstić information content (AvgIpc) is 3.25. The molecule has 0 atom stereocenters. The largest absolute Gasteiger partial charge is 0.492 e. The van der Waals surface area contributed by atoms with Gasteiger partial charge in [-0.25, -0.2) is 21.8 Å². The van der Waals surface area contributed by atoms with Gasteiger partial charge in [-0.1, -0.05) is 0 Å². The second kappa shape index (κ2) is 15.1. The fourth-order valence-corrected chi connectivity index (χ4v) is 4.74. The molecule has 0 saturated carbocycles. The molecule has 0 amide bonds. The molecule has 3 heterocycles. The maximum absolute atomic E-state index is 13.6. The first-order chi connectivity index (χ1) is 17.9. The number of nitrogens with one attached hydrogen (secondary N) is 1. The third kappa shape index (κ3) is 11.9. The number of aryl methyl sites for hydroxylation is 1. The summed E-state index contributed by atoms with van der Waals surface area (Å²) in [7, 11) is -4.73. The summed E-state index contributed by atoms with van der Waals surface area (Å²) in [6, 6.07) is 0. The molecule has 3 aromatic rings. The van der Waals surface area contributed by atoms with Gasteiger partial charge in [0.05, 0.1) is 33.4 Å². The van der Waals surface area contributed by atoms with Crippen molar-refractivity contribution in [3.63, 3.8) is 0 Å². The van der Waals surface area contributed by atoms with Crippen LogP contribution < -0.4 is 15.9 Å². The number of aromatic nitrogens is 3. The highest BCUT2D eigenvalue weighted by atomic mass is 79.9. The Balaban J connectivity index is 0.000000314. The molecule has 0 fully saturated rings. The van der Waals surface area contributed by atoms with E-state index in [9.17, 15) is 35.2 Å². The van der Waals surface area contributed by atoms with Gasteiger partial charge in [0.1, 0.15) is 25.5 Å². The molecule has 0 saturated heterocycles. The number of Topliss-reactive ketones (excluding diaryl/α,β-unsaturated/α-hetero) is 1. The first-order valence-corrected chi connectivity index (χ1v) is 16.8. The van der Waals surface area contributed by atoms with Crippen LogP contribution in [0.5, 0.6) is 5.75 Å². The van der Waals surface area contributed by atoms with E-state index >= 15 is 0 Å². The molecule has 3 rings (SSSR count). The zero-order valence-electron chi connectivity index (χ0n) is 20.8. The molecular formula is C21H25Br2ClF2N4O7S2. The van der Waals surface area contributed by atoms with Crippen molar-refractivity contribution in [1.29, 1.82) is 0 Å². The number of rotatable bonds is 8. The van der Waals surface area contributed by atoms with Crippen molar-refractivity contribution in [3.8, 4) is 5.75 Å². The number of carbonyl (C=O) groups is 1. The monoisotopic (exact) mass is 740 g/mol. The van der Waals surface area contributed by atoms with Crippen LogP contribution in [-0.2, 0) is 30.9 Å². The molecule has 0 spiro atoms.